The average molecular weight is 179 g/mol. The molecule has 0 amide bonds. The Morgan fingerprint density at radius 1 is 1.31 bits per heavy atom. The van der Waals surface area contributed by atoms with Crippen LogP contribution in [0.5, 0.6) is 0 Å². The molecule has 1 spiro atoms. The van der Waals surface area contributed by atoms with E-state index < -0.39 is 0 Å². The van der Waals surface area contributed by atoms with Gasteiger partial charge in [-0.15, -0.1) is 0 Å². The molecule has 0 radical (unpaired) electrons. The minimum absolute atomic E-state index is 0.450. The van der Waals surface area contributed by atoms with E-state index in [9.17, 15) is 0 Å². The fourth-order valence-electron chi connectivity index (χ4n) is 2.53. The summed E-state index contributed by atoms with van der Waals surface area (Å²) in [6.07, 6.45) is 5.13. The Labute approximate surface area is 79.7 Å². The SMILES string of the molecule is N#CCN1CCC2(CCCN2)CC1. The molecule has 0 atom stereocenters. The van der Waals surface area contributed by atoms with Gasteiger partial charge in [-0.3, -0.25) is 4.90 Å². The van der Waals surface area contributed by atoms with Crippen LogP contribution in [-0.2, 0) is 0 Å². The second-order valence-electron chi connectivity index (χ2n) is 4.24. The van der Waals surface area contributed by atoms with Crippen molar-refractivity contribution in [2.75, 3.05) is 26.2 Å². The van der Waals surface area contributed by atoms with Crippen LogP contribution in [0.15, 0.2) is 0 Å². The van der Waals surface area contributed by atoms with Crippen molar-refractivity contribution < 1.29 is 0 Å². The van der Waals surface area contributed by atoms with Crippen LogP contribution in [-0.4, -0.2) is 36.6 Å². The van der Waals surface area contributed by atoms with Crippen LogP contribution < -0.4 is 5.32 Å². The number of nitrogens with zero attached hydrogens (tertiary/aromatic N) is 2. The Hall–Kier alpha value is -0.590. The van der Waals surface area contributed by atoms with Gasteiger partial charge in [-0.05, 0) is 32.2 Å². The Balaban J connectivity index is 1.85. The minimum Gasteiger partial charge on any atom is -0.311 e. The van der Waals surface area contributed by atoms with E-state index in [0.29, 0.717) is 12.1 Å². The Morgan fingerprint density at radius 2 is 2.08 bits per heavy atom. The summed E-state index contributed by atoms with van der Waals surface area (Å²) in [5.74, 6) is 0. The van der Waals surface area contributed by atoms with E-state index in [1.807, 2.05) is 0 Å². The van der Waals surface area contributed by atoms with Gasteiger partial charge in [-0.2, -0.15) is 5.26 Å². The number of hydrogen-bond acceptors (Lipinski definition) is 3. The predicted octanol–water partition coefficient (Wildman–Crippen LogP) is 0.728. The van der Waals surface area contributed by atoms with Crippen LogP contribution in [0.2, 0.25) is 0 Å². The standard InChI is InChI=1S/C10H17N3/c11-5-9-13-7-3-10(4-8-13)2-1-6-12-10/h12H,1-4,6-9H2. The molecule has 2 heterocycles. The smallest absolute Gasteiger partial charge is 0.0866 e. The highest BCUT2D eigenvalue weighted by Crippen LogP contribution is 2.30. The largest absolute Gasteiger partial charge is 0.311 e. The molecule has 0 aromatic rings. The van der Waals surface area contributed by atoms with Crippen LogP contribution >= 0.6 is 0 Å². The van der Waals surface area contributed by atoms with Gasteiger partial charge >= 0.3 is 0 Å². The van der Waals surface area contributed by atoms with Crippen molar-refractivity contribution in [2.45, 2.75) is 31.2 Å². The van der Waals surface area contributed by atoms with Crippen molar-refractivity contribution in [3.05, 3.63) is 0 Å². The van der Waals surface area contributed by atoms with Crippen LogP contribution in [0.25, 0.3) is 0 Å². The molecular weight excluding hydrogens is 162 g/mol. The fraction of sp³-hybridized carbons (Fsp3) is 0.900. The summed E-state index contributed by atoms with van der Waals surface area (Å²) in [6, 6.07) is 2.22. The molecule has 1 N–H and O–H groups in total. The first-order chi connectivity index (χ1) is 6.35. The average Bonchev–Trinajstić information content (AvgIpc) is 2.59. The Kier molecular flexibility index (Phi) is 2.52. The monoisotopic (exact) mass is 179 g/mol. The zero-order valence-corrected chi connectivity index (χ0v) is 8.05. The van der Waals surface area contributed by atoms with Crippen LogP contribution in [0, 0.1) is 11.3 Å². The number of nitriles is 1. The Morgan fingerprint density at radius 3 is 2.62 bits per heavy atom. The first-order valence-electron chi connectivity index (χ1n) is 5.19. The van der Waals surface area contributed by atoms with Crippen molar-refractivity contribution in [1.82, 2.24) is 10.2 Å². The second kappa shape index (κ2) is 3.65. The van der Waals surface area contributed by atoms with Crippen molar-refractivity contribution in [1.29, 1.82) is 5.26 Å². The van der Waals surface area contributed by atoms with E-state index >= 15 is 0 Å². The maximum absolute atomic E-state index is 8.57. The third-order valence-corrected chi connectivity index (χ3v) is 3.44. The summed E-state index contributed by atoms with van der Waals surface area (Å²) in [5.41, 5.74) is 0.450. The van der Waals surface area contributed by atoms with E-state index in [4.69, 9.17) is 5.26 Å². The molecule has 0 aliphatic carbocycles. The second-order valence-corrected chi connectivity index (χ2v) is 4.24. The number of hydrogen-bond donors (Lipinski definition) is 1. The minimum atomic E-state index is 0.450. The third-order valence-electron chi connectivity index (χ3n) is 3.44. The van der Waals surface area contributed by atoms with Gasteiger partial charge < -0.3 is 5.32 Å². The molecule has 2 fully saturated rings. The summed E-state index contributed by atoms with van der Waals surface area (Å²) in [5, 5.41) is 12.2. The van der Waals surface area contributed by atoms with Gasteiger partial charge in [0.1, 0.15) is 0 Å². The summed E-state index contributed by atoms with van der Waals surface area (Å²) in [7, 11) is 0. The normalized spacial score (nSPS) is 27.6. The van der Waals surface area contributed by atoms with E-state index in [0.717, 1.165) is 13.1 Å². The quantitative estimate of drug-likeness (QED) is 0.603. The molecule has 0 aromatic heterocycles. The number of rotatable bonds is 1. The number of piperidine rings is 1. The molecule has 0 unspecified atom stereocenters. The summed E-state index contributed by atoms with van der Waals surface area (Å²) >= 11 is 0. The molecule has 0 bridgehead atoms. The van der Waals surface area contributed by atoms with Gasteiger partial charge in [0.2, 0.25) is 0 Å². The van der Waals surface area contributed by atoms with Crippen molar-refractivity contribution in [2.24, 2.45) is 0 Å². The van der Waals surface area contributed by atoms with Gasteiger partial charge in [-0.25, -0.2) is 0 Å². The maximum Gasteiger partial charge on any atom is 0.0866 e. The molecule has 3 heteroatoms. The van der Waals surface area contributed by atoms with Crippen LogP contribution in [0.4, 0.5) is 0 Å². The molecule has 0 aromatic carbocycles. The molecule has 0 saturated carbocycles. The van der Waals surface area contributed by atoms with Crippen LogP contribution in [0.3, 0.4) is 0 Å². The first kappa shape index (κ1) is 8.98. The lowest BCUT2D eigenvalue weighted by atomic mass is 9.86. The molecule has 2 aliphatic rings. The topological polar surface area (TPSA) is 39.1 Å². The van der Waals surface area contributed by atoms with Crippen LogP contribution in [0.1, 0.15) is 25.7 Å². The summed E-state index contributed by atoms with van der Waals surface area (Å²) in [6.45, 7) is 4.00. The predicted molar refractivity (Wildman–Crippen MR) is 51.3 cm³/mol. The van der Waals surface area contributed by atoms with Gasteiger partial charge in [0.25, 0.3) is 0 Å². The highest BCUT2D eigenvalue weighted by molar-refractivity contribution is 4.97. The third kappa shape index (κ3) is 1.84. The molecule has 3 nitrogen and oxygen atoms in total. The molecule has 2 saturated heterocycles. The van der Waals surface area contributed by atoms with E-state index in [2.05, 4.69) is 16.3 Å². The maximum atomic E-state index is 8.57. The number of likely N-dealkylation sites (tertiary alicyclic amines) is 1. The van der Waals surface area contributed by atoms with Gasteiger partial charge in [-0.1, -0.05) is 0 Å². The highest BCUT2D eigenvalue weighted by Gasteiger charge is 2.36. The lowest BCUT2D eigenvalue weighted by molar-refractivity contribution is 0.162. The van der Waals surface area contributed by atoms with Gasteiger partial charge in [0, 0.05) is 18.6 Å². The fourth-order valence-corrected chi connectivity index (χ4v) is 2.53. The van der Waals surface area contributed by atoms with Crippen molar-refractivity contribution in [3.8, 4) is 6.07 Å². The zero-order chi connectivity index (χ0) is 9.15. The van der Waals surface area contributed by atoms with Crippen molar-refractivity contribution >= 4 is 0 Å². The van der Waals surface area contributed by atoms with Gasteiger partial charge in [0.05, 0.1) is 12.6 Å². The summed E-state index contributed by atoms with van der Waals surface area (Å²) < 4.78 is 0. The highest BCUT2D eigenvalue weighted by atomic mass is 15.2. The first-order valence-corrected chi connectivity index (χ1v) is 5.19. The molecule has 72 valence electrons. The van der Waals surface area contributed by atoms with E-state index in [-0.39, 0.29) is 0 Å². The van der Waals surface area contributed by atoms with E-state index in [1.165, 1.54) is 32.2 Å². The lowest BCUT2D eigenvalue weighted by Crippen LogP contribution is -2.49. The Bertz CT molecular complexity index is 203. The lowest BCUT2D eigenvalue weighted by Gasteiger charge is -2.38. The molecule has 2 rings (SSSR count). The molecular formula is C10H17N3. The van der Waals surface area contributed by atoms with Crippen molar-refractivity contribution in [3.63, 3.8) is 0 Å². The number of nitrogens with one attached hydrogen (secondary N) is 1. The van der Waals surface area contributed by atoms with Gasteiger partial charge in [0.15, 0.2) is 0 Å². The van der Waals surface area contributed by atoms with E-state index in [1.54, 1.807) is 0 Å². The summed E-state index contributed by atoms with van der Waals surface area (Å²) in [4.78, 5) is 2.26. The zero-order valence-electron chi connectivity index (χ0n) is 8.05. The molecule has 2 aliphatic heterocycles. The molecule has 13 heavy (non-hydrogen) atoms.